The monoisotopic (exact) mass is 438 g/mol. The van der Waals surface area contributed by atoms with Gasteiger partial charge in [0.15, 0.2) is 5.82 Å². The van der Waals surface area contributed by atoms with E-state index in [9.17, 15) is 9.59 Å². The Morgan fingerprint density at radius 2 is 1.88 bits per heavy atom. The molecule has 0 bridgehead atoms. The number of ether oxygens (including phenoxy) is 1. The van der Waals surface area contributed by atoms with Crippen LogP contribution in [-0.4, -0.2) is 40.0 Å². The van der Waals surface area contributed by atoms with Crippen LogP contribution in [0.5, 0.6) is 0 Å². The fourth-order valence-corrected chi connectivity index (χ4v) is 4.03. The molecular formula is C26H22N4O3. The maximum atomic E-state index is 12.2. The van der Waals surface area contributed by atoms with Gasteiger partial charge in [-0.3, -0.25) is 4.79 Å². The zero-order chi connectivity index (χ0) is 22.8. The number of esters is 1. The summed E-state index contributed by atoms with van der Waals surface area (Å²) in [4.78, 5) is 37.0. The quantitative estimate of drug-likeness (QED) is 0.454. The van der Waals surface area contributed by atoms with E-state index >= 15 is 0 Å². The predicted octanol–water partition coefficient (Wildman–Crippen LogP) is 4.27. The van der Waals surface area contributed by atoms with Crippen molar-refractivity contribution >= 4 is 11.9 Å². The summed E-state index contributed by atoms with van der Waals surface area (Å²) < 4.78 is 5.14. The Balaban J connectivity index is 1.54. The second-order valence-electron chi connectivity index (χ2n) is 7.69. The van der Waals surface area contributed by atoms with E-state index in [4.69, 9.17) is 9.72 Å². The molecule has 3 heterocycles. The number of fused-ring (bicyclic) bond motifs is 1. The van der Waals surface area contributed by atoms with Gasteiger partial charge in [0.25, 0.3) is 5.91 Å². The fraction of sp³-hybridized carbons (Fsp3) is 0.154. The number of hydrogen-bond acceptors (Lipinski definition) is 5. The first-order chi connectivity index (χ1) is 16.1. The summed E-state index contributed by atoms with van der Waals surface area (Å²) in [5.41, 5.74) is 6.18. The molecule has 5 rings (SSSR count). The minimum Gasteiger partial charge on any atom is -0.462 e. The normalized spacial score (nSPS) is 12.7. The molecule has 2 N–H and O–H groups in total. The van der Waals surface area contributed by atoms with Crippen LogP contribution in [0.25, 0.3) is 33.9 Å². The highest BCUT2D eigenvalue weighted by Crippen LogP contribution is 2.32. The zero-order valence-electron chi connectivity index (χ0n) is 18.1. The van der Waals surface area contributed by atoms with Gasteiger partial charge in [-0.1, -0.05) is 36.4 Å². The highest BCUT2D eigenvalue weighted by Gasteiger charge is 2.21. The lowest BCUT2D eigenvalue weighted by atomic mass is 9.97. The van der Waals surface area contributed by atoms with Gasteiger partial charge in [0.2, 0.25) is 0 Å². The summed E-state index contributed by atoms with van der Waals surface area (Å²) >= 11 is 0. The molecule has 0 saturated heterocycles. The Morgan fingerprint density at radius 1 is 1.03 bits per heavy atom. The van der Waals surface area contributed by atoms with Gasteiger partial charge in [-0.25, -0.2) is 14.8 Å². The van der Waals surface area contributed by atoms with Crippen LogP contribution in [0.15, 0.2) is 66.9 Å². The van der Waals surface area contributed by atoms with Crippen molar-refractivity contribution in [3.8, 4) is 33.9 Å². The Morgan fingerprint density at radius 3 is 2.70 bits per heavy atom. The van der Waals surface area contributed by atoms with Crippen molar-refractivity contribution in [1.82, 2.24) is 20.3 Å². The van der Waals surface area contributed by atoms with Crippen LogP contribution < -0.4 is 5.32 Å². The van der Waals surface area contributed by atoms with Gasteiger partial charge < -0.3 is 15.0 Å². The topological polar surface area (TPSA) is 97.0 Å². The highest BCUT2D eigenvalue weighted by molar-refractivity contribution is 5.97. The molecule has 0 aliphatic carbocycles. The molecule has 33 heavy (non-hydrogen) atoms. The smallest absolute Gasteiger partial charge is 0.338 e. The van der Waals surface area contributed by atoms with E-state index in [1.165, 1.54) is 0 Å². The third-order valence-corrected chi connectivity index (χ3v) is 5.59. The molecule has 1 amide bonds. The second kappa shape index (κ2) is 8.70. The van der Waals surface area contributed by atoms with Gasteiger partial charge >= 0.3 is 5.97 Å². The van der Waals surface area contributed by atoms with Gasteiger partial charge in [0.1, 0.15) is 0 Å². The number of carbonyl (C=O) groups is 2. The largest absolute Gasteiger partial charge is 0.462 e. The molecule has 0 radical (unpaired) electrons. The van der Waals surface area contributed by atoms with Gasteiger partial charge in [0, 0.05) is 30.4 Å². The number of nitrogens with one attached hydrogen (secondary N) is 2. The summed E-state index contributed by atoms with van der Waals surface area (Å²) in [6.07, 6.45) is 2.47. The van der Waals surface area contributed by atoms with Crippen LogP contribution in [-0.2, 0) is 11.2 Å². The molecule has 7 nitrogen and oxygen atoms in total. The predicted molar refractivity (Wildman–Crippen MR) is 125 cm³/mol. The minimum absolute atomic E-state index is 0.0696. The lowest BCUT2D eigenvalue weighted by molar-refractivity contribution is 0.0526. The number of benzene rings is 2. The number of amides is 1. The number of aromatic amines is 1. The maximum absolute atomic E-state index is 12.2. The molecule has 0 saturated carbocycles. The minimum atomic E-state index is -0.352. The van der Waals surface area contributed by atoms with Crippen LogP contribution in [0.2, 0.25) is 0 Å². The van der Waals surface area contributed by atoms with Crippen molar-refractivity contribution in [2.24, 2.45) is 0 Å². The Labute approximate surface area is 190 Å². The standard InChI is InChI=1S/C26H22N4O3/c1-2-33-26(32)17-7-5-6-16(14-17)18-8-3-4-9-19(18)24-27-12-11-22(30-24)23-15-20-21(29-23)10-13-28-25(20)31/h3-9,11-12,14-15,29H,2,10,13H2,1H3,(H,28,31). The SMILES string of the molecule is CCOC(=O)c1cccc(-c2ccccc2-c2nccc(-c3cc4c([nH]3)CCNC4=O)n2)c1. The van der Waals surface area contributed by atoms with Crippen molar-refractivity contribution in [3.63, 3.8) is 0 Å². The summed E-state index contributed by atoms with van der Waals surface area (Å²) in [5, 5.41) is 2.86. The van der Waals surface area contributed by atoms with Crippen LogP contribution in [0.3, 0.4) is 0 Å². The van der Waals surface area contributed by atoms with E-state index in [0.29, 0.717) is 35.8 Å². The van der Waals surface area contributed by atoms with Gasteiger partial charge in [-0.2, -0.15) is 0 Å². The van der Waals surface area contributed by atoms with Crippen LogP contribution in [0, 0.1) is 0 Å². The number of carbonyl (C=O) groups excluding carboxylic acids is 2. The van der Waals surface area contributed by atoms with Crippen LogP contribution >= 0.6 is 0 Å². The van der Waals surface area contributed by atoms with Crippen molar-refractivity contribution in [1.29, 1.82) is 0 Å². The number of H-pyrrole nitrogens is 1. The lowest BCUT2D eigenvalue weighted by Crippen LogP contribution is -2.31. The molecule has 0 fully saturated rings. The highest BCUT2D eigenvalue weighted by atomic mass is 16.5. The molecule has 0 spiro atoms. The van der Waals surface area contributed by atoms with Gasteiger partial charge in [-0.15, -0.1) is 0 Å². The summed E-state index contributed by atoms with van der Waals surface area (Å²) in [7, 11) is 0. The molecule has 7 heteroatoms. The van der Waals surface area contributed by atoms with Crippen molar-refractivity contribution in [2.75, 3.05) is 13.2 Å². The molecule has 2 aromatic heterocycles. The van der Waals surface area contributed by atoms with Gasteiger partial charge in [0.05, 0.1) is 29.1 Å². The van der Waals surface area contributed by atoms with E-state index in [2.05, 4.69) is 15.3 Å². The molecule has 2 aromatic carbocycles. The van der Waals surface area contributed by atoms with Gasteiger partial charge in [-0.05, 0) is 42.3 Å². The van der Waals surface area contributed by atoms with E-state index in [-0.39, 0.29) is 11.9 Å². The first-order valence-electron chi connectivity index (χ1n) is 10.8. The number of rotatable bonds is 5. The van der Waals surface area contributed by atoms with E-state index in [0.717, 1.165) is 34.5 Å². The third-order valence-electron chi connectivity index (χ3n) is 5.59. The van der Waals surface area contributed by atoms with Crippen molar-refractivity contribution in [2.45, 2.75) is 13.3 Å². The first kappa shape index (κ1) is 20.6. The Kier molecular flexibility index (Phi) is 5.44. The average Bonchev–Trinajstić information content (AvgIpc) is 3.30. The molecule has 0 atom stereocenters. The Hall–Kier alpha value is -4.26. The summed E-state index contributed by atoms with van der Waals surface area (Å²) in [6.45, 7) is 2.73. The molecule has 164 valence electrons. The summed E-state index contributed by atoms with van der Waals surface area (Å²) in [5.74, 6) is 0.136. The maximum Gasteiger partial charge on any atom is 0.338 e. The number of aromatic nitrogens is 3. The number of hydrogen-bond donors (Lipinski definition) is 2. The van der Waals surface area contributed by atoms with Crippen LogP contribution in [0.4, 0.5) is 0 Å². The summed E-state index contributed by atoms with van der Waals surface area (Å²) in [6, 6.07) is 18.8. The zero-order valence-corrected chi connectivity index (χ0v) is 18.1. The molecule has 4 aromatic rings. The van der Waals surface area contributed by atoms with Crippen molar-refractivity contribution < 1.29 is 14.3 Å². The molecule has 1 aliphatic rings. The second-order valence-corrected chi connectivity index (χ2v) is 7.69. The fourth-order valence-electron chi connectivity index (χ4n) is 4.03. The van der Waals surface area contributed by atoms with E-state index < -0.39 is 0 Å². The third kappa shape index (κ3) is 4.01. The van der Waals surface area contributed by atoms with E-state index in [1.54, 1.807) is 19.2 Å². The van der Waals surface area contributed by atoms with E-state index in [1.807, 2.05) is 54.6 Å². The average molecular weight is 438 g/mol. The lowest BCUT2D eigenvalue weighted by Gasteiger charge is -2.11. The first-order valence-corrected chi connectivity index (χ1v) is 10.8. The van der Waals surface area contributed by atoms with Crippen molar-refractivity contribution in [3.05, 3.63) is 83.7 Å². The Bertz CT molecular complexity index is 1360. The number of nitrogens with zero attached hydrogens (tertiary/aromatic N) is 2. The molecule has 1 aliphatic heterocycles. The molecule has 0 unspecified atom stereocenters. The van der Waals surface area contributed by atoms with Crippen LogP contribution in [0.1, 0.15) is 33.3 Å². The molecular weight excluding hydrogens is 416 g/mol.